The highest BCUT2D eigenvalue weighted by atomic mass is 16.6. The van der Waals surface area contributed by atoms with E-state index in [1.54, 1.807) is 48.5 Å². The van der Waals surface area contributed by atoms with Gasteiger partial charge in [0.05, 0.1) is 30.8 Å². The Morgan fingerprint density at radius 2 is 1.65 bits per heavy atom. The summed E-state index contributed by atoms with van der Waals surface area (Å²) in [5.74, 6) is -1.28. The standard InChI is InChI=1S/C25H20N2O7/c1-33-18-12-13-19(20(14-18)34-2)22-21(23(28)15-6-4-3-5-7-15)24(29)25(30)26(22)16-8-10-17(11-9-16)27(31)32/h3-14,22,28H,1-2H3/t22-/m1/s1. The van der Waals surface area contributed by atoms with Gasteiger partial charge in [-0.05, 0) is 24.3 Å². The van der Waals surface area contributed by atoms with Crippen LogP contribution in [0.15, 0.2) is 78.4 Å². The van der Waals surface area contributed by atoms with Crippen molar-refractivity contribution in [3.63, 3.8) is 0 Å². The summed E-state index contributed by atoms with van der Waals surface area (Å²) in [7, 11) is 2.93. The van der Waals surface area contributed by atoms with Gasteiger partial charge in [-0.15, -0.1) is 0 Å². The van der Waals surface area contributed by atoms with E-state index < -0.39 is 22.7 Å². The number of aliphatic hydroxyl groups excluding tert-OH is 1. The van der Waals surface area contributed by atoms with Crippen molar-refractivity contribution >= 4 is 28.8 Å². The fourth-order valence-electron chi connectivity index (χ4n) is 3.92. The summed E-state index contributed by atoms with van der Waals surface area (Å²) in [5, 5.41) is 22.2. The van der Waals surface area contributed by atoms with Gasteiger partial charge in [-0.1, -0.05) is 30.3 Å². The number of Topliss-reactive ketones (excluding diaryl/α,β-unsaturated/α-hetero) is 1. The van der Waals surface area contributed by atoms with Crippen LogP contribution in [0.3, 0.4) is 0 Å². The highest BCUT2D eigenvalue weighted by molar-refractivity contribution is 6.51. The molecule has 0 aliphatic carbocycles. The molecule has 1 atom stereocenters. The summed E-state index contributed by atoms with van der Waals surface area (Å²) < 4.78 is 10.8. The van der Waals surface area contributed by atoms with Gasteiger partial charge in [0.2, 0.25) is 0 Å². The summed E-state index contributed by atoms with van der Waals surface area (Å²) in [6.45, 7) is 0. The largest absolute Gasteiger partial charge is 0.507 e. The maximum atomic E-state index is 13.2. The molecule has 0 saturated carbocycles. The van der Waals surface area contributed by atoms with Gasteiger partial charge in [0.1, 0.15) is 17.3 Å². The Morgan fingerprint density at radius 3 is 2.24 bits per heavy atom. The smallest absolute Gasteiger partial charge is 0.300 e. The number of ether oxygens (including phenoxy) is 2. The molecule has 3 aromatic rings. The third-order valence-corrected chi connectivity index (χ3v) is 5.57. The van der Waals surface area contributed by atoms with Crippen molar-refractivity contribution in [3.8, 4) is 11.5 Å². The van der Waals surface area contributed by atoms with E-state index in [4.69, 9.17) is 9.47 Å². The molecule has 0 bridgehead atoms. The molecule has 0 aromatic heterocycles. The molecule has 3 aromatic carbocycles. The zero-order valence-electron chi connectivity index (χ0n) is 18.3. The maximum Gasteiger partial charge on any atom is 0.300 e. The number of amides is 1. The van der Waals surface area contributed by atoms with Gasteiger partial charge in [-0.3, -0.25) is 24.6 Å². The minimum absolute atomic E-state index is 0.127. The maximum absolute atomic E-state index is 13.2. The fourth-order valence-corrected chi connectivity index (χ4v) is 3.92. The normalized spacial score (nSPS) is 17.0. The molecule has 0 unspecified atom stereocenters. The van der Waals surface area contributed by atoms with Crippen molar-refractivity contribution in [1.29, 1.82) is 0 Å². The Balaban J connectivity index is 1.97. The number of carbonyl (C=O) groups is 2. The molecule has 9 heteroatoms. The molecule has 1 heterocycles. The molecule has 172 valence electrons. The van der Waals surface area contributed by atoms with Crippen LogP contribution in [-0.4, -0.2) is 35.9 Å². The quantitative estimate of drug-likeness (QED) is 0.192. The van der Waals surface area contributed by atoms with E-state index in [9.17, 15) is 24.8 Å². The van der Waals surface area contributed by atoms with Crippen LogP contribution in [0.5, 0.6) is 11.5 Å². The molecule has 0 spiro atoms. The van der Waals surface area contributed by atoms with Crippen LogP contribution in [0.1, 0.15) is 17.2 Å². The molecule has 9 nitrogen and oxygen atoms in total. The van der Waals surface area contributed by atoms with E-state index in [-0.39, 0.29) is 22.7 Å². The Labute approximate surface area is 194 Å². The van der Waals surface area contributed by atoms with Gasteiger partial charge < -0.3 is 14.6 Å². The van der Waals surface area contributed by atoms with Crippen LogP contribution in [0.2, 0.25) is 0 Å². The Morgan fingerprint density at radius 1 is 0.971 bits per heavy atom. The Hall–Kier alpha value is -4.66. The zero-order chi connectivity index (χ0) is 24.4. The molecule has 4 rings (SSSR count). The van der Waals surface area contributed by atoms with E-state index in [0.29, 0.717) is 22.6 Å². The molecule has 1 N–H and O–H groups in total. The minimum atomic E-state index is -1.05. The monoisotopic (exact) mass is 460 g/mol. The number of non-ortho nitro benzene ring substituents is 1. The van der Waals surface area contributed by atoms with Gasteiger partial charge in [0.25, 0.3) is 17.4 Å². The van der Waals surface area contributed by atoms with Crippen LogP contribution >= 0.6 is 0 Å². The SMILES string of the molecule is COc1ccc([C@@H]2C(=C(O)c3ccccc3)C(=O)C(=O)N2c2ccc([N+](=O)[O-])cc2)c(OC)c1. The number of aliphatic hydroxyl groups is 1. The van der Waals surface area contributed by atoms with E-state index in [1.165, 1.54) is 43.4 Å². The third kappa shape index (κ3) is 3.83. The molecule has 1 amide bonds. The molecule has 34 heavy (non-hydrogen) atoms. The van der Waals surface area contributed by atoms with E-state index in [1.807, 2.05) is 0 Å². The molecule has 1 aliphatic heterocycles. The van der Waals surface area contributed by atoms with Crippen LogP contribution in [0, 0.1) is 10.1 Å². The van der Waals surface area contributed by atoms with Crippen molar-refractivity contribution in [2.45, 2.75) is 6.04 Å². The first-order valence-electron chi connectivity index (χ1n) is 10.2. The fraction of sp³-hybridized carbons (Fsp3) is 0.120. The van der Waals surface area contributed by atoms with Crippen LogP contribution in [0.4, 0.5) is 11.4 Å². The zero-order valence-corrected chi connectivity index (χ0v) is 18.3. The van der Waals surface area contributed by atoms with Gasteiger partial charge in [0.15, 0.2) is 0 Å². The number of nitro groups is 1. The minimum Gasteiger partial charge on any atom is -0.507 e. The molecular weight excluding hydrogens is 440 g/mol. The van der Waals surface area contributed by atoms with Crippen molar-refractivity contribution < 1.29 is 29.1 Å². The highest BCUT2D eigenvalue weighted by Crippen LogP contribution is 2.45. The Bertz CT molecular complexity index is 1300. The number of hydrogen-bond donors (Lipinski definition) is 1. The second kappa shape index (κ2) is 9.07. The van der Waals surface area contributed by atoms with Gasteiger partial charge >= 0.3 is 0 Å². The summed E-state index contributed by atoms with van der Waals surface area (Å²) in [5.41, 5.74) is 0.754. The number of nitrogens with zero attached hydrogens (tertiary/aromatic N) is 2. The number of hydrogen-bond acceptors (Lipinski definition) is 7. The van der Waals surface area contributed by atoms with Crippen LogP contribution < -0.4 is 14.4 Å². The molecule has 1 aliphatic rings. The van der Waals surface area contributed by atoms with Crippen molar-refractivity contribution in [2.75, 3.05) is 19.1 Å². The first kappa shape index (κ1) is 22.5. The lowest BCUT2D eigenvalue weighted by Crippen LogP contribution is -2.29. The number of ketones is 1. The summed E-state index contributed by atoms with van der Waals surface area (Å²) in [6.07, 6.45) is 0. The lowest BCUT2D eigenvalue weighted by Gasteiger charge is -2.26. The number of methoxy groups -OCH3 is 2. The summed E-state index contributed by atoms with van der Waals surface area (Å²) >= 11 is 0. The molecule has 1 saturated heterocycles. The highest BCUT2D eigenvalue weighted by Gasteiger charge is 2.48. The van der Waals surface area contributed by atoms with Gasteiger partial charge in [-0.2, -0.15) is 0 Å². The van der Waals surface area contributed by atoms with Gasteiger partial charge in [-0.25, -0.2) is 0 Å². The van der Waals surface area contributed by atoms with Crippen molar-refractivity contribution in [3.05, 3.63) is 99.6 Å². The summed E-state index contributed by atoms with van der Waals surface area (Å²) in [6, 6.07) is 17.5. The topological polar surface area (TPSA) is 119 Å². The Kier molecular flexibility index (Phi) is 6.01. The predicted molar refractivity (Wildman–Crippen MR) is 124 cm³/mol. The lowest BCUT2D eigenvalue weighted by atomic mass is 9.94. The predicted octanol–water partition coefficient (Wildman–Crippen LogP) is 4.24. The summed E-state index contributed by atoms with van der Waals surface area (Å²) in [4.78, 5) is 38.1. The lowest BCUT2D eigenvalue weighted by molar-refractivity contribution is -0.384. The second-order valence-corrected chi connectivity index (χ2v) is 7.42. The number of nitro benzene ring substituents is 1. The molecule has 1 fully saturated rings. The average molecular weight is 460 g/mol. The number of benzene rings is 3. The van der Waals surface area contributed by atoms with Crippen molar-refractivity contribution in [1.82, 2.24) is 0 Å². The number of rotatable bonds is 6. The van der Waals surface area contributed by atoms with Crippen LogP contribution in [0.25, 0.3) is 5.76 Å². The first-order chi connectivity index (χ1) is 16.4. The third-order valence-electron chi connectivity index (χ3n) is 5.57. The number of carbonyl (C=O) groups excluding carboxylic acids is 2. The molecular formula is C25H20N2O7. The average Bonchev–Trinajstić information content (AvgIpc) is 3.13. The van der Waals surface area contributed by atoms with E-state index in [0.717, 1.165) is 0 Å². The van der Waals surface area contributed by atoms with Crippen LogP contribution in [-0.2, 0) is 9.59 Å². The molecule has 0 radical (unpaired) electrons. The van der Waals surface area contributed by atoms with E-state index >= 15 is 0 Å². The number of anilines is 1. The first-order valence-corrected chi connectivity index (χ1v) is 10.2. The second-order valence-electron chi connectivity index (χ2n) is 7.42. The van der Waals surface area contributed by atoms with E-state index in [2.05, 4.69) is 0 Å². The van der Waals surface area contributed by atoms with Gasteiger partial charge in [0, 0.05) is 35.0 Å². The van der Waals surface area contributed by atoms with Crippen molar-refractivity contribution in [2.24, 2.45) is 0 Å².